The van der Waals surface area contributed by atoms with Crippen LogP contribution >= 0.6 is 121 Å². The van der Waals surface area contributed by atoms with E-state index in [-0.39, 0.29) is 84.2 Å². The van der Waals surface area contributed by atoms with E-state index in [0.29, 0.717) is 126 Å². The molecule has 0 aromatic heterocycles. The number of nitrogens with zero attached hydrogens (tertiary/aromatic N) is 4. The summed E-state index contributed by atoms with van der Waals surface area (Å²) in [5, 5.41) is 89.6. The van der Waals surface area contributed by atoms with Gasteiger partial charge in [0.15, 0.2) is 23.8 Å². The Morgan fingerprint density at radius 1 is 0.336 bits per heavy atom. The fourth-order valence-electron chi connectivity index (χ4n) is 13.9. The number of anilines is 4. The topological polar surface area (TPSA) is 548 Å². The predicted octanol–water partition coefficient (Wildman–Crippen LogP) is 15.4. The van der Waals surface area contributed by atoms with Crippen molar-refractivity contribution >= 4 is 239 Å². The van der Waals surface area contributed by atoms with Crippen LogP contribution in [0.1, 0.15) is 161 Å². The normalized spacial score (nSPS) is 14.1. The zero-order valence-electron chi connectivity index (χ0n) is 76.7. The van der Waals surface area contributed by atoms with Crippen LogP contribution in [0.2, 0.25) is 15.1 Å². The number of carboxylic acid groups (broad SMARTS) is 4. The van der Waals surface area contributed by atoms with Gasteiger partial charge >= 0.3 is 48.6 Å². The lowest BCUT2D eigenvalue weighted by Gasteiger charge is -2.20. The van der Waals surface area contributed by atoms with Gasteiger partial charge in [-0.05, 0) is 220 Å². The number of phenols is 1. The molecule has 8 aromatic rings. The smallest absolute Gasteiger partial charge is 0.416 e. The number of halogens is 20. The molecule has 4 aliphatic heterocycles. The first kappa shape index (κ1) is 119. The third-order valence-electron chi connectivity index (χ3n) is 20.5. The molecule has 149 heavy (non-hydrogen) atoms. The average Bonchev–Trinajstić information content (AvgIpc) is 0.819. The third kappa shape index (κ3) is 40.4. The number of benzene rings is 8. The fourth-order valence-corrected chi connectivity index (χ4v) is 18.2. The second-order valence-corrected chi connectivity index (χ2v) is 38.4. The van der Waals surface area contributed by atoms with Gasteiger partial charge in [-0.25, -0.2) is 0 Å². The van der Waals surface area contributed by atoms with Crippen LogP contribution in [0, 0.1) is 3.57 Å². The SMILES string of the molecule is O=C(O)CC(NC(=O)CNC(=O)c1cc(NC2=NCCCN2)cc(C(F)(F)F)c1)c1cc(Br)cc(Br)c1.O=C(O)CC(NC(=O)CNC(=O)c1cc(NC2=NCCCN2)cc(C(F)(F)F)c1)c1cc(Cl)cc(Br)c1.O=C(O)CC(NC(=O)CNC(=O)c1cc(NC2=NCCCN2)cc(C(F)(F)F)c1)c1cc(Cl)cc(Cl)c1.O=C(O)CC(NC(=O)CNC(=O)c1cc(NC2=NCCCN2)cc(C(F)(F)F)c1)c1cc(I)cc(Br)c1O. The molecule has 4 heterocycles. The highest BCUT2D eigenvalue weighted by atomic mass is 127. The summed E-state index contributed by atoms with van der Waals surface area (Å²) in [4.78, 5) is 162. The number of phenolic OH excluding ortho intramolecular Hbond substituents is 1. The molecule has 21 N–H and O–H groups in total. The summed E-state index contributed by atoms with van der Waals surface area (Å²) in [5.41, 5.74) is -4.28. The first-order valence-corrected chi connectivity index (χ1v) is 49.3. The maximum absolute atomic E-state index is 13.5. The van der Waals surface area contributed by atoms with E-state index in [1.807, 2.05) is 22.6 Å². The number of guanidine groups is 4. The molecule has 0 fully saturated rings. The number of aromatic hydroxyl groups is 1. The number of hydrogen-bond acceptors (Lipinski definition) is 25. The van der Waals surface area contributed by atoms with Crippen molar-refractivity contribution in [1.82, 2.24) is 63.8 Å². The van der Waals surface area contributed by atoms with Gasteiger partial charge in [0, 0.05) is 135 Å². The molecule has 4 atom stereocenters. The Morgan fingerprint density at radius 2 is 0.584 bits per heavy atom. The molecule has 0 saturated heterocycles. The second-order valence-electron chi connectivity index (χ2n) is 32.3. The van der Waals surface area contributed by atoms with Crippen LogP contribution in [-0.4, -0.2) is 199 Å². The van der Waals surface area contributed by atoms with E-state index in [1.165, 1.54) is 54.6 Å². The van der Waals surface area contributed by atoms with Crippen molar-refractivity contribution in [1.29, 1.82) is 0 Å². The second kappa shape index (κ2) is 55.5. The summed E-state index contributed by atoms with van der Waals surface area (Å²) in [6.45, 7) is 1.92. The van der Waals surface area contributed by atoms with Gasteiger partial charge < -0.3 is 111 Å². The Balaban J connectivity index is 0.000000221. The summed E-state index contributed by atoms with van der Waals surface area (Å²) in [7, 11) is 0. The third-order valence-corrected chi connectivity index (χ3v) is 23.8. The van der Waals surface area contributed by atoms with Gasteiger partial charge in [0.1, 0.15) is 5.75 Å². The molecule has 0 bridgehead atoms. The van der Waals surface area contributed by atoms with Gasteiger partial charge in [-0.2, -0.15) is 52.7 Å². The van der Waals surface area contributed by atoms with Gasteiger partial charge in [-0.3, -0.25) is 77.5 Å². The molecule has 8 aromatic carbocycles. The number of amides is 8. The first-order valence-electron chi connectivity index (χ1n) is 43.9. The number of alkyl halides is 12. The van der Waals surface area contributed by atoms with E-state index in [1.54, 1.807) is 36.4 Å². The molecule has 0 saturated carbocycles. The highest BCUT2D eigenvalue weighted by molar-refractivity contribution is 14.1. The van der Waals surface area contributed by atoms with Crippen LogP contribution in [0.3, 0.4) is 0 Å². The lowest BCUT2D eigenvalue weighted by molar-refractivity contribution is -0.139. The van der Waals surface area contributed by atoms with E-state index < -0.39 is 194 Å². The molecule has 8 amide bonds. The van der Waals surface area contributed by atoms with Crippen molar-refractivity contribution in [3.63, 3.8) is 0 Å². The zero-order chi connectivity index (χ0) is 110. The van der Waals surface area contributed by atoms with Gasteiger partial charge in [0.05, 0.1) is 103 Å². The lowest BCUT2D eigenvalue weighted by Crippen LogP contribution is -2.39. The maximum Gasteiger partial charge on any atom is 0.416 e. The summed E-state index contributed by atoms with van der Waals surface area (Å²) < 4.78 is 164. The molecule has 37 nitrogen and oxygen atoms in total. The van der Waals surface area contributed by atoms with E-state index in [0.717, 1.165) is 49.9 Å². The Labute approximate surface area is 900 Å². The molecule has 12 rings (SSSR count). The Kier molecular flexibility index (Phi) is 44.5. The minimum atomic E-state index is -4.74. The van der Waals surface area contributed by atoms with Gasteiger partial charge in [-0.1, -0.05) is 82.6 Å². The van der Waals surface area contributed by atoms with Crippen LogP contribution in [0.25, 0.3) is 0 Å². The summed E-state index contributed by atoms with van der Waals surface area (Å²) >= 11 is 32.9. The van der Waals surface area contributed by atoms with E-state index >= 15 is 0 Å². The Hall–Kier alpha value is -13.0. The number of rotatable bonds is 32. The van der Waals surface area contributed by atoms with Crippen molar-refractivity contribution < 1.29 is 136 Å². The molecule has 798 valence electrons. The summed E-state index contributed by atoms with van der Waals surface area (Å²) in [6, 6.07) is 23.9. The molecule has 57 heteroatoms. The summed E-state index contributed by atoms with van der Waals surface area (Å²) in [5.74, 6) is -10.7. The highest BCUT2D eigenvalue weighted by Gasteiger charge is 2.38. The van der Waals surface area contributed by atoms with Gasteiger partial charge in [0.25, 0.3) is 23.6 Å². The molecular weight excluding hydrogens is 2440 g/mol. The van der Waals surface area contributed by atoms with E-state index in [4.69, 9.17) is 34.8 Å². The Morgan fingerprint density at radius 3 is 0.839 bits per heavy atom. The standard InChI is InChI=1S/C23H22Br2F3N5O4.C23H22BrClF3N5O4.C23H22BrF3IN5O5.C23H22Cl2F3N5O4/c2*24-15-5-12(6-16(25)9-15)18(10-20(35)36)33-19(34)11-31-21(37)13-4-14(23(26,27)28)8-17(7-13)32-22-29-2-1-3-30-22;24-16-8-13(28)7-15(20(16)37)17(9-19(35)36)33-18(34)10-31-21(38)11-4-12(23(25,26)27)6-14(5-11)32-22-29-2-1-3-30-22;24-15-5-12(6-16(25)9-15)18(10-20(35)36)33-19(34)11-31-21(37)13-4-14(23(26,27)28)8-17(7-13)32-22-29-2-1-3-30-22/h2*4-9,18H,1-3,10-11H2,(H,31,37)(H,33,34)(H,35,36)(H2,29,30,32);4-8,17,37H,1-3,9-10H2,(H,31,38)(H,33,34)(H,35,36)(H2,29,30,32);4-9,18H,1-3,10-11H2,(H,31,37)(H,33,34)(H,35,36)(H2,29,30,32). The van der Waals surface area contributed by atoms with Crippen molar-refractivity contribution in [2.75, 3.05) is 99.8 Å². The molecule has 4 unspecified atom stereocenters. The van der Waals surface area contributed by atoms with Gasteiger partial charge in [-0.15, -0.1) is 0 Å². The number of nitrogens with one attached hydrogen (secondary N) is 16. The summed E-state index contributed by atoms with van der Waals surface area (Å²) in [6.07, 6.45) is -17.7. The quantitative estimate of drug-likeness (QED) is 0.0137. The molecule has 0 aliphatic carbocycles. The van der Waals surface area contributed by atoms with Crippen molar-refractivity contribution in [2.24, 2.45) is 20.0 Å². The zero-order valence-corrected chi connectivity index (χ0v) is 87.5. The van der Waals surface area contributed by atoms with E-state index in [2.05, 4.69) is 169 Å². The highest BCUT2D eigenvalue weighted by Crippen LogP contribution is 2.40. The average molecular weight is 2530 g/mol. The maximum atomic E-state index is 13.5. The van der Waals surface area contributed by atoms with Crippen molar-refractivity contribution in [3.8, 4) is 5.75 Å². The lowest BCUT2D eigenvalue weighted by atomic mass is 10.0. The van der Waals surface area contributed by atoms with Crippen LogP contribution in [0.4, 0.5) is 75.4 Å². The van der Waals surface area contributed by atoms with E-state index in [9.17, 15) is 136 Å². The van der Waals surface area contributed by atoms with Crippen LogP contribution in [0.15, 0.2) is 177 Å². The van der Waals surface area contributed by atoms with Crippen molar-refractivity contribution in [2.45, 2.75) is 100 Å². The van der Waals surface area contributed by atoms with Crippen LogP contribution < -0.4 is 85.1 Å². The number of carbonyl (C=O) groups is 12. The molecular formula is C92H88Br4Cl3F12IN20O17. The fraction of sp³-hybridized carbons (Fsp3) is 0.304. The monoisotopic (exact) mass is 2520 g/mol. The Bertz CT molecular complexity index is 5960. The number of aliphatic imine (C=N–C) groups is 4. The predicted molar refractivity (Wildman–Crippen MR) is 548 cm³/mol. The minimum Gasteiger partial charge on any atom is -0.506 e. The molecule has 0 radical (unpaired) electrons. The first-order chi connectivity index (χ1) is 70.0. The van der Waals surface area contributed by atoms with Crippen LogP contribution in [-0.2, 0) is 63.1 Å². The van der Waals surface area contributed by atoms with Crippen molar-refractivity contribution in [3.05, 3.63) is 243 Å². The number of carbonyl (C=O) groups excluding carboxylic acids is 8. The largest absolute Gasteiger partial charge is 0.506 e. The van der Waals surface area contributed by atoms with Gasteiger partial charge in [0.2, 0.25) is 23.6 Å². The molecule has 0 spiro atoms. The number of aliphatic carboxylic acids is 4. The molecule has 4 aliphatic rings. The number of carboxylic acids is 4. The minimum absolute atomic E-state index is 0.000620. The number of hydrogen-bond donors (Lipinski definition) is 21. The van der Waals surface area contributed by atoms with Crippen LogP contribution in [0.5, 0.6) is 5.75 Å².